The van der Waals surface area contributed by atoms with E-state index in [4.69, 9.17) is 4.74 Å². The molecule has 0 aromatic carbocycles. The summed E-state index contributed by atoms with van der Waals surface area (Å²) in [6, 6.07) is 2.34. The van der Waals surface area contributed by atoms with E-state index in [1.807, 2.05) is 0 Å². The molecule has 2 fully saturated rings. The maximum atomic E-state index is 5.09. The number of hydrogen-bond donors (Lipinski definition) is 1. The Balaban J connectivity index is 1.69. The number of aromatic nitrogens is 2. The van der Waals surface area contributed by atoms with Crippen molar-refractivity contribution >= 4 is 5.95 Å². The molecule has 4 nitrogen and oxygen atoms in total. The van der Waals surface area contributed by atoms with Gasteiger partial charge in [-0.05, 0) is 31.1 Å². The summed E-state index contributed by atoms with van der Waals surface area (Å²) in [5.41, 5.74) is 0. The second kappa shape index (κ2) is 3.92. The summed E-state index contributed by atoms with van der Waals surface area (Å²) in [6.45, 7) is 0. The van der Waals surface area contributed by atoms with E-state index in [0.717, 1.165) is 11.8 Å². The lowest BCUT2D eigenvalue weighted by Gasteiger charge is -2.22. The average molecular weight is 219 g/mol. The van der Waals surface area contributed by atoms with Gasteiger partial charge in [0.1, 0.15) is 0 Å². The third-order valence-corrected chi connectivity index (χ3v) is 3.89. The van der Waals surface area contributed by atoms with Gasteiger partial charge in [-0.25, -0.2) is 4.98 Å². The van der Waals surface area contributed by atoms with Gasteiger partial charge in [0.25, 0.3) is 0 Å². The molecular weight excluding hydrogens is 202 g/mol. The number of nitrogens with zero attached hydrogens (tertiary/aromatic N) is 2. The van der Waals surface area contributed by atoms with E-state index in [1.54, 1.807) is 19.4 Å². The maximum absolute atomic E-state index is 5.09. The summed E-state index contributed by atoms with van der Waals surface area (Å²) in [4.78, 5) is 8.53. The van der Waals surface area contributed by atoms with E-state index >= 15 is 0 Å². The van der Waals surface area contributed by atoms with E-state index < -0.39 is 0 Å². The van der Waals surface area contributed by atoms with Crippen LogP contribution < -0.4 is 10.1 Å². The normalized spacial score (nSPS) is 31.7. The Morgan fingerprint density at radius 3 is 3.00 bits per heavy atom. The van der Waals surface area contributed by atoms with Crippen LogP contribution in [0.5, 0.6) is 5.88 Å². The monoisotopic (exact) mass is 219 g/mol. The first-order chi connectivity index (χ1) is 7.85. The topological polar surface area (TPSA) is 47.0 Å². The average Bonchev–Trinajstić information content (AvgIpc) is 2.91. The van der Waals surface area contributed by atoms with Crippen molar-refractivity contribution in [2.24, 2.45) is 11.8 Å². The molecule has 3 unspecified atom stereocenters. The number of methoxy groups -OCH3 is 1. The van der Waals surface area contributed by atoms with E-state index in [-0.39, 0.29) is 0 Å². The molecule has 3 atom stereocenters. The molecule has 1 aromatic heterocycles. The van der Waals surface area contributed by atoms with Gasteiger partial charge in [0.2, 0.25) is 11.8 Å². The summed E-state index contributed by atoms with van der Waals surface area (Å²) < 4.78 is 5.09. The second-order valence-electron chi connectivity index (χ2n) is 4.85. The van der Waals surface area contributed by atoms with Gasteiger partial charge in [0.15, 0.2) is 0 Å². The minimum absolute atomic E-state index is 0.575. The molecule has 0 aliphatic heterocycles. The van der Waals surface area contributed by atoms with Crippen LogP contribution in [0.2, 0.25) is 0 Å². The highest BCUT2D eigenvalue weighted by molar-refractivity contribution is 5.30. The summed E-state index contributed by atoms with van der Waals surface area (Å²) in [6.07, 6.45) is 7.20. The highest BCUT2D eigenvalue weighted by Gasteiger charge is 2.39. The molecular formula is C12H17N3O. The Hall–Kier alpha value is -1.32. The van der Waals surface area contributed by atoms with Gasteiger partial charge in [-0.3, -0.25) is 0 Å². The third kappa shape index (κ3) is 1.72. The van der Waals surface area contributed by atoms with Gasteiger partial charge in [0, 0.05) is 18.3 Å². The first-order valence-electron chi connectivity index (χ1n) is 5.98. The van der Waals surface area contributed by atoms with Gasteiger partial charge in [-0.15, -0.1) is 0 Å². The number of fused-ring (bicyclic) bond motifs is 2. The number of rotatable bonds is 3. The molecule has 2 aliphatic carbocycles. The van der Waals surface area contributed by atoms with E-state index in [9.17, 15) is 0 Å². The van der Waals surface area contributed by atoms with Crippen molar-refractivity contribution in [2.75, 3.05) is 12.4 Å². The predicted octanol–water partition coefficient (Wildman–Crippen LogP) is 2.09. The minimum atomic E-state index is 0.575. The number of hydrogen-bond acceptors (Lipinski definition) is 4. The fraction of sp³-hybridized carbons (Fsp3) is 0.667. The Morgan fingerprint density at radius 1 is 1.38 bits per heavy atom. The Bertz CT molecular complexity index is 382. The molecule has 1 N–H and O–H groups in total. The van der Waals surface area contributed by atoms with Crippen LogP contribution in [0.3, 0.4) is 0 Å². The predicted molar refractivity (Wildman–Crippen MR) is 61.4 cm³/mol. The van der Waals surface area contributed by atoms with Gasteiger partial charge in [-0.2, -0.15) is 4.98 Å². The smallest absolute Gasteiger partial charge is 0.226 e. The van der Waals surface area contributed by atoms with E-state index in [1.165, 1.54) is 25.7 Å². The van der Waals surface area contributed by atoms with Crippen LogP contribution in [0.1, 0.15) is 25.7 Å². The lowest BCUT2D eigenvalue weighted by Crippen LogP contribution is -2.26. The highest BCUT2D eigenvalue weighted by Crippen LogP contribution is 2.45. The Labute approximate surface area is 95.4 Å². The Morgan fingerprint density at radius 2 is 2.31 bits per heavy atom. The zero-order chi connectivity index (χ0) is 11.0. The number of ether oxygens (including phenoxy) is 1. The lowest BCUT2D eigenvalue weighted by atomic mass is 9.95. The molecule has 16 heavy (non-hydrogen) atoms. The number of anilines is 1. The quantitative estimate of drug-likeness (QED) is 0.845. The minimum Gasteiger partial charge on any atom is -0.481 e. The van der Waals surface area contributed by atoms with Crippen LogP contribution in [0, 0.1) is 11.8 Å². The van der Waals surface area contributed by atoms with Crippen molar-refractivity contribution in [3.8, 4) is 5.88 Å². The molecule has 0 saturated heterocycles. The largest absolute Gasteiger partial charge is 0.481 e. The summed E-state index contributed by atoms with van der Waals surface area (Å²) in [5, 5.41) is 3.44. The van der Waals surface area contributed by atoms with E-state index in [0.29, 0.717) is 17.9 Å². The molecule has 0 spiro atoms. The van der Waals surface area contributed by atoms with Crippen molar-refractivity contribution in [3.05, 3.63) is 12.3 Å². The van der Waals surface area contributed by atoms with Crippen LogP contribution in [0.25, 0.3) is 0 Å². The molecule has 2 saturated carbocycles. The Kier molecular flexibility index (Phi) is 2.42. The molecule has 2 aliphatic rings. The summed E-state index contributed by atoms with van der Waals surface area (Å²) in [5.74, 6) is 3.10. The molecule has 1 aromatic rings. The van der Waals surface area contributed by atoms with Crippen molar-refractivity contribution in [1.29, 1.82) is 0 Å². The first-order valence-corrected chi connectivity index (χ1v) is 5.98. The zero-order valence-corrected chi connectivity index (χ0v) is 9.52. The van der Waals surface area contributed by atoms with Gasteiger partial charge in [-0.1, -0.05) is 6.42 Å². The standard InChI is InChI=1S/C12H17N3O/c1-16-11-4-5-13-12(15-11)14-10-7-8-2-3-9(10)6-8/h4-5,8-10H,2-3,6-7H2,1H3,(H,13,14,15). The fourth-order valence-electron chi connectivity index (χ4n) is 3.11. The van der Waals surface area contributed by atoms with Crippen molar-refractivity contribution < 1.29 is 4.74 Å². The van der Waals surface area contributed by atoms with Gasteiger partial charge in [0.05, 0.1) is 7.11 Å². The molecule has 4 heteroatoms. The van der Waals surface area contributed by atoms with Crippen LogP contribution in [0.4, 0.5) is 5.95 Å². The molecule has 0 radical (unpaired) electrons. The van der Waals surface area contributed by atoms with Crippen LogP contribution in [-0.2, 0) is 0 Å². The van der Waals surface area contributed by atoms with Crippen LogP contribution >= 0.6 is 0 Å². The highest BCUT2D eigenvalue weighted by atomic mass is 16.5. The van der Waals surface area contributed by atoms with Crippen molar-refractivity contribution in [3.63, 3.8) is 0 Å². The molecule has 3 rings (SSSR count). The molecule has 86 valence electrons. The molecule has 1 heterocycles. The van der Waals surface area contributed by atoms with Gasteiger partial charge < -0.3 is 10.1 Å². The lowest BCUT2D eigenvalue weighted by molar-refractivity contribution is 0.396. The van der Waals surface area contributed by atoms with E-state index in [2.05, 4.69) is 15.3 Å². The number of nitrogens with one attached hydrogen (secondary N) is 1. The SMILES string of the molecule is COc1ccnc(NC2CC3CCC2C3)n1. The fourth-order valence-corrected chi connectivity index (χ4v) is 3.11. The van der Waals surface area contributed by atoms with Crippen LogP contribution in [-0.4, -0.2) is 23.1 Å². The second-order valence-corrected chi connectivity index (χ2v) is 4.85. The third-order valence-electron chi connectivity index (χ3n) is 3.89. The zero-order valence-electron chi connectivity index (χ0n) is 9.52. The van der Waals surface area contributed by atoms with Crippen molar-refractivity contribution in [1.82, 2.24) is 9.97 Å². The molecule has 0 amide bonds. The van der Waals surface area contributed by atoms with Crippen molar-refractivity contribution in [2.45, 2.75) is 31.7 Å². The maximum Gasteiger partial charge on any atom is 0.226 e. The summed E-state index contributed by atoms with van der Waals surface area (Å²) >= 11 is 0. The first kappa shape index (κ1) is 9.87. The van der Waals surface area contributed by atoms with Crippen LogP contribution in [0.15, 0.2) is 12.3 Å². The van der Waals surface area contributed by atoms with Gasteiger partial charge >= 0.3 is 0 Å². The molecule has 2 bridgehead atoms. The summed E-state index contributed by atoms with van der Waals surface area (Å²) in [7, 11) is 1.63.